The molecule has 0 aliphatic carbocycles. The zero-order valence-corrected chi connectivity index (χ0v) is 14.6. The van der Waals surface area contributed by atoms with Crippen LogP contribution in [0, 0.1) is 0 Å². The first-order chi connectivity index (χ1) is 10.0. The summed E-state index contributed by atoms with van der Waals surface area (Å²) in [7, 11) is 0. The second-order valence-corrected chi connectivity index (χ2v) is 6.47. The van der Waals surface area contributed by atoms with Crippen LogP contribution in [0.3, 0.4) is 0 Å². The number of unbranched alkanes of at least 4 members (excludes halogenated alkanes) is 7. The maximum atomic E-state index is 10.6. The molecule has 0 aromatic rings. The van der Waals surface area contributed by atoms with Gasteiger partial charge in [0.1, 0.15) is 0 Å². The van der Waals surface area contributed by atoms with Gasteiger partial charge < -0.3 is 0 Å². The summed E-state index contributed by atoms with van der Waals surface area (Å²) in [6, 6.07) is 0. The summed E-state index contributed by atoms with van der Waals surface area (Å²) in [6.45, 7) is 2.19. The summed E-state index contributed by atoms with van der Waals surface area (Å²) >= 11 is 10.6. The van der Waals surface area contributed by atoms with Crippen molar-refractivity contribution < 1.29 is 9.59 Å². The third-order valence-electron chi connectivity index (χ3n) is 3.51. The molecular weight excluding hydrogens is 307 g/mol. The zero-order valence-electron chi connectivity index (χ0n) is 13.1. The van der Waals surface area contributed by atoms with Gasteiger partial charge in [0.2, 0.25) is 10.5 Å². The Morgan fingerprint density at radius 3 is 1.62 bits per heavy atom. The molecular formula is C17H28Cl2O2. The second kappa shape index (κ2) is 14.6. The minimum absolute atomic E-state index is 0.221. The molecule has 0 radical (unpaired) electrons. The van der Waals surface area contributed by atoms with Crippen LogP contribution in [0.2, 0.25) is 0 Å². The summed E-state index contributed by atoms with van der Waals surface area (Å²) in [6.07, 6.45) is 14.3. The lowest BCUT2D eigenvalue weighted by Gasteiger charge is -2.02. The molecule has 0 saturated carbocycles. The molecule has 0 atom stereocenters. The van der Waals surface area contributed by atoms with Crippen molar-refractivity contribution in [2.24, 2.45) is 0 Å². The lowest BCUT2D eigenvalue weighted by Crippen LogP contribution is -1.87. The maximum Gasteiger partial charge on any atom is 0.221 e. The third kappa shape index (κ3) is 17.6. The van der Waals surface area contributed by atoms with Crippen molar-refractivity contribution in [2.45, 2.75) is 84.0 Å². The van der Waals surface area contributed by atoms with Crippen LogP contribution in [0.1, 0.15) is 84.0 Å². The van der Waals surface area contributed by atoms with E-state index in [9.17, 15) is 9.59 Å². The molecule has 4 heteroatoms. The fourth-order valence-electron chi connectivity index (χ4n) is 2.23. The van der Waals surface area contributed by atoms with Crippen LogP contribution in [-0.4, -0.2) is 10.5 Å². The number of halogens is 2. The quantitative estimate of drug-likeness (QED) is 0.217. The van der Waals surface area contributed by atoms with E-state index in [1.54, 1.807) is 0 Å². The molecule has 0 aliphatic heterocycles. The Hall–Kier alpha value is -0.340. The number of carbonyl (C=O) groups is 2. The minimum atomic E-state index is -0.221. The van der Waals surface area contributed by atoms with E-state index in [2.05, 4.69) is 13.0 Å². The number of hydrogen-bond acceptors (Lipinski definition) is 2. The SMILES string of the molecule is CC(=CCCCCCCC(=O)Cl)CCCCCCC(=O)Cl. The van der Waals surface area contributed by atoms with Crippen LogP contribution < -0.4 is 0 Å². The van der Waals surface area contributed by atoms with Crippen LogP contribution in [0.25, 0.3) is 0 Å². The number of carbonyl (C=O) groups excluding carboxylic acids is 2. The van der Waals surface area contributed by atoms with E-state index in [0.717, 1.165) is 38.5 Å². The van der Waals surface area contributed by atoms with Crippen molar-refractivity contribution in [2.75, 3.05) is 0 Å². The normalized spacial score (nSPS) is 11.7. The molecule has 122 valence electrons. The van der Waals surface area contributed by atoms with Gasteiger partial charge in [0, 0.05) is 12.8 Å². The van der Waals surface area contributed by atoms with Gasteiger partial charge in [-0.1, -0.05) is 37.3 Å². The lowest BCUT2D eigenvalue weighted by atomic mass is 10.0. The molecule has 0 bridgehead atoms. The fourth-order valence-corrected chi connectivity index (χ4v) is 2.50. The van der Waals surface area contributed by atoms with Crippen molar-refractivity contribution in [1.29, 1.82) is 0 Å². The predicted molar refractivity (Wildman–Crippen MR) is 90.9 cm³/mol. The molecule has 0 fully saturated rings. The lowest BCUT2D eigenvalue weighted by molar-refractivity contribution is -0.112. The van der Waals surface area contributed by atoms with Gasteiger partial charge in [0.15, 0.2) is 0 Å². The Balaban J connectivity index is 3.36. The molecule has 0 N–H and O–H groups in total. The molecule has 0 amide bonds. The van der Waals surface area contributed by atoms with E-state index in [-0.39, 0.29) is 10.5 Å². The van der Waals surface area contributed by atoms with Gasteiger partial charge in [0.05, 0.1) is 0 Å². The van der Waals surface area contributed by atoms with Gasteiger partial charge in [-0.05, 0) is 68.7 Å². The first kappa shape index (κ1) is 20.7. The summed E-state index contributed by atoms with van der Waals surface area (Å²) in [5.41, 5.74) is 1.46. The van der Waals surface area contributed by atoms with Crippen molar-refractivity contribution in [3.63, 3.8) is 0 Å². The summed E-state index contributed by atoms with van der Waals surface area (Å²) < 4.78 is 0. The van der Waals surface area contributed by atoms with Crippen LogP contribution in [0.15, 0.2) is 11.6 Å². The Morgan fingerprint density at radius 2 is 1.14 bits per heavy atom. The molecule has 21 heavy (non-hydrogen) atoms. The average Bonchev–Trinajstić information content (AvgIpc) is 2.41. The summed E-state index contributed by atoms with van der Waals surface area (Å²) in [4.78, 5) is 21.1. The van der Waals surface area contributed by atoms with Gasteiger partial charge in [-0.15, -0.1) is 0 Å². The smallest absolute Gasteiger partial charge is 0.221 e. The number of rotatable bonds is 14. The molecule has 0 aromatic carbocycles. The largest absolute Gasteiger partial charge is 0.281 e. The van der Waals surface area contributed by atoms with Gasteiger partial charge in [-0.2, -0.15) is 0 Å². The molecule has 0 heterocycles. The molecule has 0 saturated heterocycles. The highest BCUT2D eigenvalue weighted by molar-refractivity contribution is 6.63. The van der Waals surface area contributed by atoms with Crippen molar-refractivity contribution in [3.8, 4) is 0 Å². The standard InChI is InChI=1S/C17H28Cl2O2/c1-15(12-8-5-6-10-14-17(19)21)11-7-3-2-4-9-13-16(18)20/h11H,2-10,12-14H2,1H3. The Labute approximate surface area is 139 Å². The van der Waals surface area contributed by atoms with Crippen molar-refractivity contribution in [3.05, 3.63) is 11.6 Å². The van der Waals surface area contributed by atoms with E-state index < -0.39 is 0 Å². The van der Waals surface area contributed by atoms with Crippen molar-refractivity contribution in [1.82, 2.24) is 0 Å². The molecule has 2 nitrogen and oxygen atoms in total. The first-order valence-electron chi connectivity index (χ1n) is 8.04. The maximum absolute atomic E-state index is 10.6. The second-order valence-electron chi connectivity index (χ2n) is 5.63. The summed E-state index contributed by atoms with van der Waals surface area (Å²) in [5, 5.41) is -0.442. The van der Waals surface area contributed by atoms with Gasteiger partial charge in [-0.3, -0.25) is 9.59 Å². The summed E-state index contributed by atoms with van der Waals surface area (Å²) in [5.74, 6) is 0. The van der Waals surface area contributed by atoms with Gasteiger partial charge >= 0.3 is 0 Å². The Bertz CT molecular complexity index is 325. The highest BCUT2D eigenvalue weighted by Gasteiger charge is 1.97. The van der Waals surface area contributed by atoms with Crippen LogP contribution in [0.5, 0.6) is 0 Å². The van der Waals surface area contributed by atoms with Crippen molar-refractivity contribution >= 4 is 33.7 Å². The van der Waals surface area contributed by atoms with Crippen LogP contribution in [-0.2, 0) is 9.59 Å². The van der Waals surface area contributed by atoms with E-state index in [0.29, 0.717) is 12.8 Å². The molecule has 0 unspecified atom stereocenters. The molecule has 0 aliphatic rings. The Morgan fingerprint density at radius 1 is 0.714 bits per heavy atom. The number of hydrogen-bond donors (Lipinski definition) is 0. The van der Waals surface area contributed by atoms with Crippen LogP contribution in [0.4, 0.5) is 0 Å². The third-order valence-corrected chi connectivity index (χ3v) is 3.89. The predicted octanol–water partition coefficient (Wildman–Crippen LogP) is 6.14. The molecule has 0 aromatic heterocycles. The average molecular weight is 335 g/mol. The van der Waals surface area contributed by atoms with E-state index in [1.807, 2.05) is 0 Å². The van der Waals surface area contributed by atoms with E-state index in [1.165, 1.54) is 31.3 Å². The fraction of sp³-hybridized carbons (Fsp3) is 0.765. The Kier molecular flexibility index (Phi) is 14.4. The van der Waals surface area contributed by atoms with E-state index >= 15 is 0 Å². The van der Waals surface area contributed by atoms with Gasteiger partial charge in [0.25, 0.3) is 0 Å². The number of allylic oxidation sites excluding steroid dienone is 2. The highest BCUT2D eigenvalue weighted by atomic mass is 35.5. The van der Waals surface area contributed by atoms with Gasteiger partial charge in [-0.25, -0.2) is 0 Å². The highest BCUT2D eigenvalue weighted by Crippen LogP contribution is 2.13. The zero-order chi connectivity index (χ0) is 15.9. The monoisotopic (exact) mass is 334 g/mol. The molecule has 0 rings (SSSR count). The topological polar surface area (TPSA) is 34.1 Å². The minimum Gasteiger partial charge on any atom is -0.281 e. The molecule has 0 spiro atoms. The van der Waals surface area contributed by atoms with Crippen LogP contribution >= 0.6 is 23.2 Å². The first-order valence-corrected chi connectivity index (χ1v) is 8.80. The van der Waals surface area contributed by atoms with E-state index in [4.69, 9.17) is 23.2 Å².